The van der Waals surface area contributed by atoms with Crippen LogP contribution in [-0.2, 0) is 23.8 Å². The summed E-state index contributed by atoms with van der Waals surface area (Å²) >= 11 is 0. The summed E-state index contributed by atoms with van der Waals surface area (Å²) in [4.78, 5) is 25.4. The highest BCUT2D eigenvalue weighted by atomic mass is 16.6. The van der Waals surface area contributed by atoms with Gasteiger partial charge in [-0.25, -0.2) is 0 Å². The van der Waals surface area contributed by atoms with E-state index in [4.69, 9.17) is 14.2 Å². The molecule has 0 N–H and O–H groups in total. The molecular weight excluding hydrogens is 837 g/mol. The van der Waals surface area contributed by atoms with Crippen LogP contribution in [0.4, 0.5) is 0 Å². The number of hydrogen-bond donors (Lipinski definition) is 0. The molecule has 0 radical (unpaired) electrons. The van der Waals surface area contributed by atoms with Gasteiger partial charge in [0.1, 0.15) is 6.61 Å². The van der Waals surface area contributed by atoms with Crippen LogP contribution in [0.3, 0.4) is 0 Å². The summed E-state index contributed by atoms with van der Waals surface area (Å²) in [6.07, 6.45) is 84.2. The minimum absolute atomic E-state index is 0.00754. The molecule has 0 aliphatic rings. The fourth-order valence-corrected chi connectivity index (χ4v) is 6.60. The highest BCUT2D eigenvalue weighted by Crippen LogP contribution is 2.11. The van der Waals surface area contributed by atoms with Crippen molar-refractivity contribution < 1.29 is 23.8 Å². The second-order valence-corrected chi connectivity index (χ2v) is 17.0. The molecular formula is C63H98O5. The normalized spacial score (nSPS) is 13.5. The van der Waals surface area contributed by atoms with Gasteiger partial charge in [0, 0.05) is 19.4 Å². The molecule has 0 amide bonds. The minimum Gasteiger partial charge on any atom is -0.462 e. The van der Waals surface area contributed by atoms with Crippen LogP contribution in [0.25, 0.3) is 0 Å². The van der Waals surface area contributed by atoms with Gasteiger partial charge in [-0.1, -0.05) is 217 Å². The van der Waals surface area contributed by atoms with Crippen molar-refractivity contribution >= 4 is 11.9 Å². The lowest BCUT2D eigenvalue weighted by atomic mass is 10.1. The third kappa shape index (κ3) is 54.1. The standard InChI is InChI=1S/C63H98O5/c1-4-7-10-13-16-19-22-25-27-29-31-33-35-37-40-43-46-49-52-55-58-66-59-61(68-63(65)57-54-51-48-45-42-38-24-21-18-15-12-9-6-3)60-67-62(64)56-53-50-47-44-41-39-36-34-32-30-28-26-23-20-17-14-11-8-5-2/h7-8,10-11,16-17,19-21,24-28,31-34,37,39-41,46-47,49-50,61H,4-6,9,12-15,18,22-23,29-30,35-36,38,42-45,48,51-60H2,1-3H3/b10-7-,11-8-,19-16-,20-17-,24-21-,27-25-,28-26-,33-31-,34-32-,40-37-,41-39-,49-46-,50-47-. The third-order valence-corrected chi connectivity index (χ3v) is 10.5. The second-order valence-electron chi connectivity index (χ2n) is 17.0. The van der Waals surface area contributed by atoms with Crippen LogP contribution in [0.1, 0.15) is 201 Å². The first-order chi connectivity index (χ1) is 33.6. The van der Waals surface area contributed by atoms with Crippen molar-refractivity contribution in [2.75, 3.05) is 19.8 Å². The Morgan fingerprint density at radius 2 is 0.691 bits per heavy atom. The molecule has 1 atom stereocenters. The maximum Gasteiger partial charge on any atom is 0.306 e. The maximum absolute atomic E-state index is 12.8. The lowest BCUT2D eigenvalue weighted by Gasteiger charge is -2.18. The first-order valence-corrected chi connectivity index (χ1v) is 27.0. The Kier molecular flexibility index (Phi) is 53.1. The van der Waals surface area contributed by atoms with Gasteiger partial charge in [-0.15, -0.1) is 0 Å². The van der Waals surface area contributed by atoms with E-state index >= 15 is 0 Å². The molecule has 0 saturated carbocycles. The quantitative estimate of drug-likeness (QED) is 0.0346. The molecule has 0 aliphatic carbocycles. The summed E-state index contributed by atoms with van der Waals surface area (Å²) in [5, 5.41) is 0. The smallest absolute Gasteiger partial charge is 0.306 e. The van der Waals surface area contributed by atoms with Crippen LogP contribution < -0.4 is 0 Å². The van der Waals surface area contributed by atoms with E-state index in [2.05, 4.69) is 173 Å². The zero-order chi connectivity index (χ0) is 49.2. The van der Waals surface area contributed by atoms with Gasteiger partial charge in [0.15, 0.2) is 6.10 Å². The van der Waals surface area contributed by atoms with Gasteiger partial charge in [-0.3, -0.25) is 9.59 Å². The molecule has 0 rings (SSSR count). The molecule has 0 saturated heterocycles. The van der Waals surface area contributed by atoms with Crippen molar-refractivity contribution in [2.45, 2.75) is 207 Å². The van der Waals surface area contributed by atoms with Crippen LogP contribution >= 0.6 is 0 Å². The Hall–Kier alpha value is -4.48. The molecule has 0 aromatic heterocycles. The molecule has 380 valence electrons. The highest BCUT2D eigenvalue weighted by molar-refractivity contribution is 5.70. The summed E-state index contributed by atoms with van der Waals surface area (Å²) in [7, 11) is 0. The fraction of sp³-hybridized carbons (Fsp3) is 0.556. The number of allylic oxidation sites excluding steroid dienone is 26. The SMILES string of the molecule is CC/C=C\C/C=C\C/C=C\C/C=C\C/C=C\C/C=C\CCCOCC(COC(=O)CC/C=C\C/C=C\C/C=C\C/C=C\C/C=C\C/C=C\CC)OC(=O)CCCCCCC/C=C\CCCCCC. The summed E-state index contributed by atoms with van der Waals surface area (Å²) in [5.74, 6) is -0.550. The fourth-order valence-electron chi connectivity index (χ4n) is 6.60. The minimum atomic E-state index is -0.614. The molecule has 0 aromatic rings. The third-order valence-electron chi connectivity index (χ3n) is 10.5. The molecule has 0 bridgehead atoms. The number of esters is 2. The van der Waals surface area contributed by atoms with E-state index < -0.39 is 6.10 Å². The van der Waals surface area contributed by atoms with Gasteiger partial charge in [0.2, 0.25) is 0 Å². The average Bonchev–Trinajstić information content (AvgIpc) is 3.34. The molecule has 1 unspecified atom stereocenters. The summed E-state index contributed by atoms with van der Waals surface area (Å²) < 4.78 is 17.3. The largest absolute Gasteiger partial charge is 0.462 e. The summed E-state index contributed by atoms with van der Waals surface area (Å²) in [6, 6.07) is 0. The van der Waals surface area contributed by atoms with E-state index in [9.17, 15) is 9.59 Å². The van der Waals surface area contributed by atoms with Crippen molar-refractivity contribution in [3.63, 3.8) is 0 Å². The molecule has 0 heterocycles. The highest BCUT2D eigenvalue weighted by Gasteiger charge is 2.17. The first kappa shape index (κ1) is 63.5. The van der Waals surface area contributed by atoms with Crippen molar-refractivity contribution in [3.05, 3.63) is 158 Å². The van der Waals surface area contributed by atoms with E-state index in [1.807, 2.05) is 6.08 Å². The summed E-state index contributed by atoms with van der Waals surface area (Å²) in [5.41, 5.74) is 0. The van der Waals surface area contributed by atoms with Gasteiger partial charge >= 0.3 is 11.9 Å². The van der Waals surface area contributed by atoms with Crippen LogP contribution in [0.2, 0.25) is 0 Å². The molecule has 68 heavy (non-hydrogen) atoms. The molecule has 5 heteroatoms. The first-order valence-electron chi connectivity index (χ1n) is 27.0. The van der Waals surface area contributed by atoms with Gasteiger partial charge < -0.3 is 14.2 Å². The lowest BCUT2D eigenvalue weighted by molar-refractivity contribution is -0.162. The molecule has 5 nitrogen and oxygen atoms in total. The van der Waals surface area contributed by atoms with Gasteiger partial charge in [-0.05, 0) is 128 Å². The summed E-state index contributed by atoms with van der Waals surface area (Å²) in [6.45, 7) is 7.32. The monoisotopic (exact) mass is 935 g/mol. The van der Waals surface area contributed by atoms with E-state index in [1.165, 1.54) is 44.9 Å². The number of rotatable bonds is 47. The zero-order valence-corrected chi connectivity index (χ0v) is 43.6. The van der Waals surface area contributed by atoms with Crippen molar-refractivity contribution in [2.24, 2.45) is 0 Å². The number of ether oxygens (including phenoxy) is 3. The van der Waals surface area contributed by atoms with E-state index in [1.54, 1.807) is 0 Å². The number of carbonyl (C=O) groups excluding carboxylic acids is 2. The second kappa shape index (κ2) is 56.8. The van der Waals surface area contributed by atoms with Crippen LogP contribution in [0.15, 0.2) is 158 Å². The lowest BCUT2D eigenvalue weighted by Crippen LogP contribution is -2.30. The van der Waals surface area contributed by atoms with Crippen molar-refractivity contribution in [1.82, 2.24) is 0 Å². The van der Waals surface area contributed by atoms with Gasteiger partial charge in [0.05, 0.1) is 6.61 Å². The van der Waals surface area contributed by atoms with Crippen molar-refractivity contribution in [1.29, 1.82) is 0 Å². The molecule has 0 aliphatic heterocycles. The van der Waals surface area contributed by atoms with Crippen LogP contribution in [-0.4, -0.2) is 37.9 Å². The predicted molar refractivity (Wildman–Crippen MR) is 297 cm³/mol. The van der Waals surface area contributed by atoms with Gasteiger partial charge in [0.25, 0.3) is 0 Å². The molecule has 0 aromatic carbocycles. The number of hydrogen-bond acceptors (Lipinski definition) is 5. The number of carbonyl (C=O) groups is 2. The van der Waals surface area contributed by atoms with Crippen molar-refractivity contribution in [3.8, 4) is 0 Å². The topological polar surface area (TPSA) is 61.8 Å². The Balaban J connectivity index is 4.53. The Bertz CT molecular complexity index is 1520. The molecule has 0 fully saturated rings. The predicted octanol–water partition coefficient (Wildman–Crippen LogP) is 18.7. The number of unbranched alkanes of at least 4 members (excludes halogenated alkanes) is 10. The van der Waals surface area contributed by atoms with E-state index in [0.717, 1.165) is 116 Å². The van der Waals surface area contributed by atoms with Crippen LogP contribution in [0, 0.1) is 0 Å². The van der Waals surface area contributed by atoms with Crippen LogP contribution in [0.5, 0.6) is 0 Å². The Morgan fingerprint density at radius 1 is 0.338 bits per heavy atom. The maximum atomic E-state index is 12.8. The Morgan fingerprint density at radius 3 is 1.13 bits per heavy atom. The molecule has 0 spiro atoms. The zero-order valence-electron chi connectivity index (χ0n) is 43.6. The van der Waals surface area contributed by atoms with E-state index in [-0.39, 0.29) is 31.6 Å². The average molecular weight is 935 g/mol. The Labute approximate surface area is 418 Å². The van der Waals surface area contributed by atoms with Gasteiger partial charge in [-0.2, -0.15) is 0 Å². The van der Waals surface area contributed by atoms with E-state index in [0.29, 0.717) is 19.4 Å².